The van der Waals surface area contributed by atoms with Gasteiger partial charge in [-0.05, 0) is 37.1 Å². The summed E-state index contributed by atoms with van der Waals surface area (Å²) < 4.78 is 2.12. The van der Waals surface area contributed by atoms with Crippen LogP contribution in [0, 0.1) is 5.92 Å². The van der Waals surface area contributed by atoms with Crippen LogP contribution in [0.1, 0.15) is 11.4 Å². The molecule has 0 bridgehead atoms. The zero-order valence-corrected chi connectivity index (χ0v) is 15.7. The minimum Gasteiger partial charge on any atom is -0.337 e. The van der Waals surface area contributed by atoms with Gasteiger partial charge in [-0.25, -0.2) is 4.98 Å². The predicted octanol–water partition coefficient (Wildman–Crippen LogP) is 2.57. The normalized spacial score (nSPS) is 19.7. The van der Waals surface area contributed by atoms with Crippen molar-refractivity contribution >= 4 is 10.9 Å². The highest BCUT2D eigenvalue weighted by Gasteiger charge is 2.22. The quantitative estimate of drug-likeness (QED) is 0.725. The second-order valence-corrected chi connectivity index (χ2v) is 7.56. The molecular formula is C21H27N5. The van der Waals surface area contributed by atoms with Gasteiger partial charge in [-0.15, -0.1) is 0 Å². The van der Waals surface area contributed by atoms with Gasteiger partial charge in [0.25, 0.3) is 0 Å². The average molecular weight is 349 g/mol. The first kappa shape index (κ1) is 17.2. The summed E-state index contributed by atoms with van der Waals surface area (Å²) in [7, 11) is 4.31. The molecule has 0 amide bonds. The Bertz CT molecular complexity index is 871. The van der Waals surface area contributed by atoms with Crippen LogP contribution in [-0.4, -0.2) is 57.6 Å². The second-order valence-electron chi connectivity index (χ2n) is 7.56. The topological polar surface area (TPSA) is 37.2 Å². The fourth-order valence-corrected chi connectivity index (χ4v) is 3.94. The van der Waals surface area contributed by atoms with Gasteiger partial charge in [-0.2, -0.15) is 0 Å². The third-order valence-electron chi connectivity index (χ3n) is 5.34. The van der Waals surface area contributed by atoms with E-state index in [-0.39, 0.29) is 0 Å². The molecule has 1 unspecified atom stereocenters. The Hall–Kier alpha value is -2.24. The molecule has 1 atom stereocenters. The van der Waals surface area contributed by atoms with E-state index in [1.165, 1.54) is 10.9 Å². The summed E-state index contributed by atoms with van der Waals surface area (Å²) >= 11 is 0. The van der Waals surface area contributed by atoms with Crippen LogP contribution in [0.3, 0.4) is 0 Å². The Balaban J connectivity index is 1.48. The number of hydrogen-bond acceptors (Lipinski definition) is 4. The Kier molecular flexibility index (Phi) is 5.00. The number of fused-ring (bicyclic) bond motifs is 1. The summed E-state index contributed by atoms with van der Waals surface area (Å²) in [6.07, 6.45) is 7.03. The van der Waals surface area contributed by atoms with Crippen LogP contribution in [-0.2, 0) is 20.0 Å². The van der Waals surface area contributed by atoms with Crippen molar-refractivity contribution in [3.63, 3.8) is 0 Å². The Morgan fingerprint density at radius 2 is 1.96 bits per heavy atom. The van der Waals surface area contributed by atoms with Crippen molar-refractivity contribution in [3.8, 4) is 0 Å². The highest BCUT2D eigenvalue weighted by molar-refractivity contribution is 5.78. The molecule has 1 aliphatic heterocycles. The third kappa shape index (κ3) is 3.94. The molecular weight excluding hydrogens is 322 g/mol. The van der Waals surface area contributed by atoms with Crippen LogP contribution in [0.2, 0.25) is 0 Å². The first-order valence-corrected chi connectivity index (χ1v) is 9.38. The molecule has 3 heterocycles. The molecule has 0 aliphatic carbocycles. The summed E-state index contributed by atoms with van der Waals surface area (Å²) in [5, 5.41) is 1.23. The number of imidazole rings is 1. The molecule has 2 aromatic heterocycles. The van der Waals surface area contributed by atoms with Crippen molar-refractivity contribution in [3.05, 3.63) is 60.3 Å². The van der Waals surface area contributed by atoms with Crippen LogP contribution in [0.25, 0.3) is 10.9 Å². The van der Waals surface area contributed by atoms with Crippen LogP contribution in [0.4, 0.5) is 0 Å². The van der Waals surface area contributed by atoms with E-state index in [0.717, 1.165) is 50.5 Å². The van der Waals surface area contributed by atoms with Gasteiger partial charge in [0.05, 0.1) is 12.1 Å². The largest absolute Gasteiger partial charge is 0.337 e. The van der Waals surface area contributed by atoms with Crippen molar-refractivity contribution < 1.29 is 0 Å². The summed E-state index contributed by atoms with van der Waals surface area (Å²) in [5.41, 5.74) is 2.41. The molecule has 26 heavy (non-hydrogen) atoms. The maximum Gasteiger partial charge on any atom is 0.122 e. The van der Waals surface area contributed by atoms with Gasteiger partial charge >= 0.3 is 0 Å². The summed E-state index contributed by atoms with van der Waals surface area (Å²) in [5.74, 6) is 1.74. The lowest BCUT2D eigenvalue weighted by Crippen LogP contribution is -2.31. The molecule has 4 rings (SSSR count). The van der Waals surface area contributed by atoms with Crippen LogP contribution in [0.15, 0.2) is 48.9 Å². The smallest absolute Gasteiger partial charge is 0.122 e. The molecule has 1 fully saturated rings. The van der Waals surface area contributed by atoms with E-state index in [2.05, 4.69) is 68.9 Å². The van der Waals surface area contributed by atoms with Crippen molar-refractivity contribution in [2.75, 3.05) is 33.2 Å². The maximum atomic E-state index is 4.64. The first-order valence-electron chi connectivity index (χ1n) is 9.38. The molecule has 5 nitrogen and oxygen atoms in total. The van der Waals surface area contributed by atoms with E-state index in [0.29, 0.717) is 5.92 Å². The second kappa shape index (κ2) is 7.56. The van der Waals surface area contributed by atoms with Gasteiger partial charge in [0.2, 0.25) is 0 Å². The zero-order chi connectivity index (χ0) is 17.9. The Morgan fingerprint density at radius 1 is 1.08 bits per heavy atom. The molecule has 1 aliphatic rings. The minimum atomic E-state index is 0.603. The fraction of sp³-hybridized carbons (Fsp3) is 0.429. The summed E-state index contributed by atoms with van der Waals surface area (Å²) in [6.45, 7) is 5.35. The molecule has 136 valence electrons. The van der Waals surface area contributed by atoms with Crippen molar-refractivity contribution in [1.82, 2.24) is 24.3 Å². The van der Waals surface area contributed by atoms with Gasteiger partial charge in [-0.3, -0.25) is 9.88 Å². The zero-order valence-electron chi connectivity index (χ0n) is 15.7. The Morgan fingerprint density at radius 3 is 2.81 bits per heavy atom. The van der Waals surface area contributed by atoms with Gasteiger partial charge in [0, 0.05) is 57.2 Å². The highest BCUT2D eigenvalue weighted by Crippen LogP contribution is 2.19. The average Bonchev–Trinajstić information content (AvgIpc) is 2.95. The highest BCUT2D eigenvalue weighted by atomic mass is 15.2. The van der Waals surface area contributed by atoms with E-state index < -0.39 is 0 Å². The predicted molar refractivity (Wildman–Crippen MR) is 105 cm³/mol. The van der Waals surface area contributed by atoms with Crippen LogP contribution < -0.4 is 0 Å². The van der Waals surface area contributed by atoms with Crippen molar-refractivity contribution in [2.45, 2.75) is 13.0 Å². The van der Waals surface area contributed by atoms with Crippen molar-refractivity contribution in [1.29, 1.82) is 0 Å². The van der Waals surface area contributed by atoms with Gasteiger partial charge in [0.15, 0.2) is 0 Å². The first-order chi connectivity index (χ1) is 12.7. The van der Waals surface area contributed by atoms with E-state index in [1.807, 2.05) is 18.5 Å². The molecule has 5 heteroatoms. The molecule has 0 spiro atoms. The van der Waals surface area contributed by atoms with E-state index in [1.54, 1.807) is 0 Å². The molecule has 3 aromatic rings. The number of rotatable bonds is 4. The van der Waals surface area contributed by atoms with Gasteiger partial charge in [-0.1, -0.05) is 18.2 Å². The van der Waals surface area contributed by atoms with Gasteiger partial charge in [0.1, 0.15) is 5.82 Å². The SMILES string of the molecule is CN1CCN(Cc2nccn2C)CC(Cc2cnc3ccccc3c2)C1. The van der Waals surface area contributed by atoms with E-state index in [9.17, 15) is 0 Å². The summed E-state index contributed by atoms with van der Waals surface area (Å²) in [6, 6.07) is 10.7. The minimum absolute atomic E-state index is 0.603. The van der Waals surface area contributed by atoms with E-state index >= 15 is 0 Å². The lowest BCUT2D eigenvalue weighted by atomic mass is 9.98. The lowest BCUT2D eigenvalue weighted by Gasteiger charge is -2.23. The molecule has 0 radical (unpaired) electrons. The lowest BCUT2D eigenvalue weighted by molar-refractivity contribution is 0.241. The van der Waals surface area contributed by atoms with Crippen LogP contribution >= 0.6 is 0 Å². The molecule has 0 saturated carbocycles. The standard InChI is InChI=1S/C21H27N5/c1-24-9-10-26(16-21-22-7-8-25(21)2)15-18(14-24)11-17-12-19-5-3-4-6-20(19)23-13-17/h3-8,12-13,18H,9-11,14-16H2,1-2H3. The van der Waals surface area contributed by atoms with Crippen molar-refractivity contribution in [2.24, 2.45) is 13.0 Å². The molecule has 1 aromatic carbocycles. The maximum absolute atomic E-state index is 4.64. The number of nitrogens with zero attached hydrogens (tertiary/aromatic N) is 5. The molecule has 0 N–H and O–H groups in total. The number of likely N-dealkylation sites (N-methyl/N-ethyl adjacent to an activating group) is 1. The monoisotopic (exact) mass is 349 g/mol. The van der Waals surface area contributed by atoms with Crippen LogP contribution in [0.5, 0.6) is 0 Å². The number of pyridine rings is 1. The summed E-state index contributed by atoms with van der Waals surface area (Å²) in [4.78, 5) is 14.1. The number of aromatic nitrogens is 3. The van der Waals surface area contributed by atoms with Gasteiger partial charge < -0.3 is 9.47 Å². The number of benzene rings is 1. The molecule has 1 saturated heterocycles. The number of hydrogen-bond donors (Lipinski definition) is 0. The third-order valence-corrected chi connectivity index (χ3v) is 5.34. The van der Waals surface area contributed by atoms with E-state index in [4.69, 9.17) is 0 Å². The Labute approximate surface area is 155 Å². The number of aryl methyl sites for hydroxylation is 1. The fourth-order valence-electron chi connectivity index (χ4n) is 3.94. The number of para-hydroxylation sites is 1.